The summed E-state index contributed by atoms with van der Waals surface area (Å²) in [4.78, 5) is 21.2. The van der Waals surface area contributed by atoms with Crippen LogP contribution >= 0.6 is 0 Å². The molecule has 0 bridgehead atoms. The van der Waals surface area contributed by atoms with Crippen LogP contribution in [0.15, 0.2) is 42.5 Å². The molecule has 3 aliphatic rings. The molecule has 2 unspecified atom stereocenters. The Labute approximate surface area is 199 Å². The van der Waals surface area contributed by atoms with Crippen molar-refractivity contribution in [2.45, 2.75) is 38.6 Å². The minimum atomic E-state index is 0.191. The fourth-order valence-corrected chi connectivity index (χ4v) is 6.03. The summed E-state index contributed by atoms with van der Waals surface area (Å²) >= 11 is 0. The number of carbonyl (C=O) groups excluding carboxylic acids is 1. The molecule has 0 spiro atoms. The highest BCUT2D eigenvalue weighted by Crippen LogP contribution is 2.40. The molecule has 5 heteroatoms. The Morgan fingerprint density at radius 3 is 2.42 bits per heavy atom. The lowest BCUT2D eigenvalue weighted by Crippen LogP contribution is -2.48. The summed E-state index contributed by atoms with van der Waals surface area (Å²) in [5.41, 5.74) is 7.39. The van der Waals surface area contributed by atoms with Crippen molar-refractivity contribution < 1.29 is 4.79 Å². The fraction of sp³-hybridized carbons (Fsp3) is 0.536. The smallest absolute Gasteiger partial charge is 0.319 e. The van der Waals surface area contributed by atoms with Crippen LogP contribution in [0.25, 0.3) is 0 Å². The van der Waals surface area contributed by atoms with Crippen LogP contribution in [0.1, 0.15) is 53.1 Å². The van der Waals surface area contributed by atoms with Gasteiger partial charge in [0.1, 0.15) is 0 Å². The van der Waals surface area contributed by atoms with E-state index in [9.17, 15) is 4.79 Å². The van der Waals surface area contributed by atoms with Crippen LogP contribution in [0.4, 0.5) is 4.79 Å². The first kappa shape index (κ1) is 22.4. The van der Waals surface area contributed by atoms with Crippen molar-refractivity contribution in [2.75, 3.05) is 59.4 Å². The molecule has 2 atom stereocenters. The number of piperazine rings is 1. The SMILES string of the molecule is Cc1ccc2c(c1)C(N1CCN(CCCN3CCN(C)C3=O)CC1)Cc1ccccc1C2C. The van der Waals surface area contributed by atoms with E-state index in [1.54, 1.807) is 0 Å². The molecule has 2 fully saturated rings. The van der Waals surface area contributed by atoms with Gasteiger partial charge in [-0.1, -0.05) is 55.0 Å². The fourth-order valence-electron chi connectivity index (χ4n) is 6.03. The van der Waals surface area contributed by atoms with Gasteiger partial charge >= 0.3 is 6.03 Å². The van der Waals surface area contributed by atoms with E-state index in [4.69, 9.17) is 0 Å². The van der Waals surface area contributed by atoms with Crippen molar-refractivity contribution in [1.29, 1.82) is 0 Å². The molecule has 0 aromatic heterocycles. The first-order chi connectivity index (χ1) is 16.0. The van der Waals surface area contributed by atoms with Crippen molar-refractivity contribution in [3.8, 4) is 0 Å². The third-order valence-electron chi connectivity index (χ3n) is 8.06. The summed E-state index contributed by atoms with van der Waals surface area (Å²) in [6.45, 7) is 12.8. The second-order valence-electron chi connectivity index (χ2n) is 10.2. The van der Waals surface area contributed by atoms with E-state index in [1.165, 1.54) is 27.8 Å². The summed E-state index contributed by atoms with van der Waals surface area (Å²) in [5.74, 6) is 0.440. The molecular weight excluding hydrogens is 408 g/mol. The maximum Gasteiger partial charge on any atom is 0.319 e. The van der Waals surface area contributed by atoms with Gasteiger partial charge in [0.15, 0.2) is 0 Å². The number of hydrogen-bond acceptors (Lipinski definition) is 3. The van der Waals surface area contributed by atoms with E-state index >= 15 is 0 Å². The second kappa shape index (κ2) is 9.47. The largest absolute Gasteiger partial charge is 0.326 e. The first-order valence-electron chi connectivity index (χ1n) is 12.7. The Bertz CT molecular complexity index is 997. The highest BCUT2D eigenvalue weighted by atomic mass is 16.2. The number of likely N-dealkylation sites (N-methyl/N-ethyl adjacent to an activating group) is 1. The van der Waals surface area contributed by atoms with Gasteiger partial charge in [-0.2, -0.15) is 0 Å². The molecule has 0 saturated carbocycles. The summed E-state index contributed by atoms with van der Waals surface area (Å²) in [5, 5.41) is 0. The number of urea groups is 1. The normalized spacial score (nSPS) is 24.0. The zero-order valence-corrected chi connectivity index (χ0v) is 20.5. The average molecular weight is 447 g/mol. The molecule has 2 amide bonds. The Balaban J connectivity index is 1.25. The molecule has 5 nitrogen and oxygen atoms in total. The Morgan fingerprint density at radius 2 is 1.67 bits per heavy atom. The topological polar surface area (TPSA) is 30.0 Å². The molecular formula is C28H38N4O. The van der Waals surface area contributed by atoms with Gasteiger partial charge in [0, 0.05) is 64.8 Å². The summed E-state index contributed by atoms with van der Waals surface area (Å²) in [6, 6.07) is 16.8. The van der Waals surface area contributed by atoms with E-state index in [1.807, 2.05) is 16.8 Å². The van der Waals surface area contributed by atoms with Crippen LogP contribution in [0.3, 0.4) is 0 Å². The van der Waals surface area contributed by atoms with Gasteiger partial charge in [0.05, 0.1) is 0 Å². The standard InChI is InChI=1S/C28H38N4O/c1-21-9-10-25-22(2)24-8-5-4-7-23(24)20-27(26(25)19-21)31-17-14-30(15-18-31)11-6-12-32-16-13-29(3)28(32)33/h4-5,7-10,19,22,27H,6,11-18,20H2,1-3H3. The zero-order chi connectivity index (χ0) is 22.9. The van der Waals surface area contributed by atoms with Crippen molar-refractivity contribution >= 4 is 6.03 Å². The van der Waals surface area contributed by atoms with E-state index in [2.05, 4.69) is 66.1 Å². The number of amides is 2. The summed E-state index contributed by atoms with van der Waals surface area (Å²) in [7, 11) is 1.90. The van der Waals surface area contributed by atoms with Crippen LogP contribution in [0.2, 0.25) is 0 Å². The number of benzene rings is 2. The van der Waals surface area contributed by atoms with Crippen LogP contribution in [-0.4, -0.2) is 85.0 Å². The predicted molar refractivity (Wildman–Crippen MR) is 134 cm³/mol. The minimum Gasteiger partial charge on any atom is -0.326 e. The summed E-state index contributed by atoms with van der Waals surface area (Å²) in [6.07, 6.45) is 2.16. The van der Waals surface area contributed by atoms with Gasteiger partial charge in [-0.15, -0.1) is 0 Å². The zero-order valence-electron chi connectivity index (χ0n) is 20.5. The van der Waals surface area contributed by atoms with Crippen molar-refractivity contribution in [2.24, 2.45) is 0 Å². The van der Waals surface area contributed by atoms with Gasteiger partial charge in [-0.3, -0.25) is 4.90 Å². The number of fused-ring (bicyclic) bond motifs is 2. The number of aryl methyl sites for hydroxylation is 1. The van der Waals surface area contributed by atoms with Crippen LogP contribution in [0, 0.1) is 6.92 Å². The van der Waals surface area contributed by atoms with Crippen molar-refractivity contribution in [1.82, 2.24) is 19.6 Å². The number of hydrogen-bond donors (Lipinski definition) is 0. The van der Waals surface area contributed by atoms with E-state index < -0.39 is 0 Å². The molecule has 1 aliphatic carbocycles. The minimum absolute atomic E-state index is 0.191. The molecule has 2 aliphatic heterocycles. The van der Waals surface area contributed by atoms with E-state index in [-0.39, 0.29) is 6.03 Å². The molecule has 2 aromatic carbocycles. The van der Waals surface area contributed by atoms with Gasteiger partial charge < -0.3 is 14.7 Å². The van der Waals surface area contributed by atoms with Gasteiger partial charge in [0.25, 0.3) is 0 Å². The molecule has 2 saturated heterocycles. The molecule has 0 radical (unpaired) electrons. The lowest BCUT2D eigenvalue weighted by Gasteiger charge is -2.40. The maximum atomic E-state index is 12.1. The predicted octanol–water partition coefficient (Wildman–Crippen LogP) is 4.12. The number of carbonyl (C=O) groups is 1. The molecule has 33 heavy (non-hydrogen) atoms. The maximum absolute atomic E-state index is 12.1. The summed E-state index contributed by atoms with van der Waals surface area (Å²) < 4.78 is 0. The number of nitrogens with zero attached hydrogens (tertiary/aromatic N) is 4. The molecule has 2 heterocycles. The van der Waals surface area contributed by atoms with Gasteiger partial charge in [-0.25, -0.2) is 4.79 Å². The van der Waals surface area contributed by atoms with E-state index in [0.717, 1.165) is 65.2 Å². The lowest BCUT2D eigenvalue weighted by molar-refractivity contribution is 0.0931. The molecule has 5 rings (SSSR count). The van der Waals surface area contributed by atoms with Crippen molar-refractivity contribution in [3.05, 3.63) is 70.3 Å². The third-order valence-corrected chi connectivity index (χ3v) is 8.06. The second-order valence-corrected chi connectivity index (χ2v) is 10.2. The Morgan fingerprint density at radius 1 is 0.879 bits per heavy atom. The average Bonchev–Trinajstić information content (AvgIpc) is 3.08. The molecule has 176 valence electrons. The van der Waals surface area contributed by atoms with Gasteiger partial charge in [-0.05, 0) is 48.6 Å². The van der Waals surface area contributed by atoms with Crippen molar-refractivity contribution in [3.63, 3.8) is 0 Å². The molecule has 0 N–H and O–H groups in total. The monoisotopic (exact) mass is 446 g/mol. The lowest BCUT2D eigenvalue weighted by atomic mass is 9.88. The highest BCUT2D eigenvalue weighted by Gasteiger charge is 2.32. The first-order valence-corrected chi connectivity index (χ1v) is 12.7. The molecule has 2 aromatic rings. The Hall–Kier alpha value is -2.37. The third kappa shape index (κ3) is 4.53. The number of rotatable bonds is 5. The highest BCUT2D eigenvalue weighted by molar-refractivity contribution is 5.76. The van der Waals surface area contributed by atoms with Crippen LogP contribution in [-0.2, 0) is 6.42 Å². The van der Waals surface area contributed by atoms with Gasteiger partial charge in [0.2, 0.25) is 0 Å². The van der Waals surface area contributed by atoms with Crippen LogP contribution in [0.5, 0.6) is 0 Å². The van der Waals surface area contributed by atoms with E-state index in [0.29, 0.717) is 12.0 Å². The quantitative estimate of drug-likeness (QED) is 0.692. The Kier molecular flexibility index (Phi) is 6.44. The van der Waals surface area contributed by atoms with Crippen LogP contribution < -0.4 is 0 Å².